The molecule has 4 N–H and O–H groups in total. The zero-order chi connectivity index (χ0) is 8.43. The minimum atomic E-state index is 0.562. The van der Waals surface area contributed by atoms with Crippen molar-refractivity contribution in [1.29, 1.82) is 0 Å². The average molecular weight is 262 g/mol. The van der Waals surface area contributed by atoms with Crippen LogP contribution >= 0.6 is 22.6 Å². The molecule has 0 fully saturated rings. The summed E-state index contributed by atoms with van der Waals surface area (Å²) in [6, 6.07) is 4.02. The molecule has 0 aliphatic rings. The fourth-order valence-corrected chi connectivity index (χ4v) is 1.68. The van der Waals surface area contributed by atoms with Gasteiger partial charge in [-0.1, -0.05) is 0 Å². The third kappa shape index (κ3) is 1.84. The maximum Gasteiger partial charge on any atom is 0.0357 e. The van der Waals surface area contributed by atoms with Gasteiger partial charge in [0.05, 0.1) is 0 Å². The van der Waals surface area contributed by atoms with E-state index < -0.39 is 0 Å². The molecule has 1 aromatic carbocycles. The molecule has 60 valence electrons. The Morgan fingerprint density at radius 2 is 2.09 bits per heavy atom. The van der Waals surface area contributed by atoms with Crippen molar-refractivity contribution >= 4 is 28.3 Å². The van der Waals surface area contributed by atoms with Crippen molar-refractivity contribution in [1.82, 2.24) is 0 Å². The van der Waals surface area contributed by atoms with Gasteiger partial charge in [-0.05, 0) is 52.8 Å². The highest BCUT2D eigenvalue weighted by atomic mass is 127. The standard InChI is InChI=1S/C8H11IN2/c1-5-6(4-10)2-7(9)3-8(5)11/h2-3H,4,10-11H2,1H3. The van der Waals surface area contributed by atoms with Gasteiger partial charge in [0.2, 0.25) is 0 Å². The Labute approximate surface area is 80.1 Å². The number of rotatable bonds is 1. The Morgan fingerprint density at radius 3 is 2.64 bits per heavy atom. The lowest BCUT2D eigenvalue weighted by atomic mass is 10.1. The van der Waals surface area contributed by atoms with Crippen LogP contribution in [-0.2, 0) is 6.54 Å². The molecular weight excluding hydrogens is 251 g/mol. The number of halogens is 1. The Morgan fingerprint density at radius 1 is 1.45 bits per heavy atom. The molecule has 0 unspecified atom stereocenters. The van der Waals surface area contributed by atoms with E-state index in [4.69, 9.17) is 11.5 Å². The number of hydrogen-bond acceptors (Lipinski definition) is 2. The summed E-state index contributed by atoms with van der Waals surface area (Å²) in [6.45, 7) is 2.56. The van der Waals surface area contributed by atoms with Crippen molar-refractivity contribution in [2.24, 2.45) is 5.73 Å². The van der Waals surface area contributed by atoms with Gasteiger partial charge < -0.3 is 11.5 Å². The fourth-order valence-electron chi connectivity index (χ4n) is 0.971. The zero-order valence-electron chi connectivity index (χ0n) is 6.39. The molecule has 11 heavy (non-hydrogen) atoms. The Hall–Kier alpha value is -0.290. The molecule has 0 amide bonds. The number of anilines is 1. The van der Waals surface area contributed by atoms with E-state index in [1.807, 2.05) is 13.0 Å². The lowest BCUT2D eigenvalue weighted by molar-refractivity contribution is 1.05. The van der Waals surface area contributed by atoms with Crippen LogP contribution in [0.2, 0.25) is 0 Å². The second-order valence-electron chi connectivity index (χ2n) is 2.48. The number of benzene rings is 1. The molecule has 1 aromatic rings. The summed E-state index contributed by atoms with van der Waals surface area (Å²) >= 11 is 2.24. The second-order valence-corrected chi connectivity index (χ2v) is 3.73. The molecule has 0 bridgehead atoms. The lowest BCUT2D eigenvalue weighted by Crippen LogP contribution is -2.02. The van der Waals surface area contributed by atoms with Gasteiger partial charge in [0.25, 0.3) is 0 Å². The number of hydrogen-bond donors (Lipinski definition) is 2. The summed E-state index contributed by atoms with van der Waals surface area (Å²) < 4.78 is 1.14. The molecule has 3 heteroatoms. The van der Waals surface area contributed by atoms with Crippen LogP contribution in [0, 0.1) is 10.5 Å². The number of nitrogen functional groups attached to an aromatic ring is 1. The van der Waals surface area contributed by atoms with Gasteiger partial charge in [-0.15, -0.1) is 0 Å². The summed E-state index contributed by atoms with van der Waals surface area (Å²) in [7, 11) is 0. The summed E-state index contributed by atoms with van der Waals surface area (Å²) in [4.78, 5) is 0. The van der Waals surface area contributed by atoms with Crippen LogP contribution in [0.15, 0.2) is 12.1 Å². The normalized spacial score (nSPS) is 10.1. The predicted molar refractivity (Wildman–Crippen MR) is 56.2 cm³/mol. The first-order valence-corrected chi connectivity index (χ1v) is 4.47. The van der Waals surface area contributed by atoms with Crippen LogP contribution in [0.4, 0.5) is 5.69 Å². The third-order valence-electron chi connectivity index (χ3n) is 1.74. The van der Waals surface area contributed by atoms with E-state index in [1.165, 1.54) is 0 Å². The molecule has 0 aliphatic carbocycles. The largest absolute Gasteiger partial charge is 0.398 e. The number of nitrogens with two attached hydrogens (primary N) is 2. The van der Waals surface area contributed by atoms with Gasteiger partial charge in [-0.2, -0.15) is 0 Å². The van der Waals surface area contributed by atoms with Gasteiger partial charge in [0.1, 0.15) is 0 Å². The minimum absolute atomic E-state index is 0.562. The molecule has 0 radical (unpaired) electrons. The van der Waals surface area contributed by atoms with Crippen LogP contribution < -0.4 is 11.5 Å². The molecule has 0 aromatic heterocycles. The molecular formula is C8H11IN2. The molecule has 0 saturated carbocycles. The summed E-state index contributed by atoms with van der Waals surface area (Å²) in [5.41, 5.74) is 14.3. The van der Waals surface area contributed by atoms with Gasteiger partial charge in [-0.3, -0.25) is 0 Å². The van der Waals surface area contributed by atoms with Gasteiger partial charge in [0.15, 0.2) is 0 Å². The van der Waals surface area contributed by atoms with Crippen molar-refractivity contribution in [3.05, 3.63) is 26.8 Å². The zero-order valence-corrected chi connectivity index (χ0v) is 8.55. The molecule has 0 atom stereocenters. The van der Waals surface area contributed by atoms with E-state index in [1.54, 1.807) is 0 Å². The van der Waals surface area contributed by atoms with Crippen molar-refractivity contribution in [2.75, 3.05) is 5.73 Å². The topological polar surface area (TPSA) is 52.0 Å². The minimum Gasteiger partial charge on any atom is -0.398 e. The van der Waals surface area contributed by atoms with Gasteiger partial charge >= 0.3 is 0 Å². The van der Waals surface area contributed by atoms with E-state index in [9.17, 15) is 0 Å². The van der Waals surface area contributed by atoms with E-state index in [-0.39, 0.29) is 0 Å². The Balaban J connectivity index is 3.24. The van der Waals surface area contributed by atoms with Crippen LogP contribution in [0.3, 0.4) is 0 Å². The van der Waals surface area contributed by atoms with Crippen LogP contribution in [0.25, 0.3) is 0 Å². The van der Waals surface area contributed by atoms with Crippen LogP contribution in [-0.4, -0.2) is 0 Å². The first-order valence-electron chi connectivity index (χ1n) is 3.39. The SMILES string of the molecule is Cc1c(N)cc(I)cc1CN. The smallest absolute Gasteiger partial charge is 0.0357 e. The molecule has 0 heterocycles. The maximum atomic E-state index is 5.74. The van der Waals surface area contributed by atoms with E-state index >= 15 is 0 Å². The average Bonchev–Trinajstić information content (AvgIpc) is 1.96. The summed E-state index contributed by atoms with van der Waals surface area (Å²) in [5, 5.41) is 0. The van der Waals surface area contributed by atoms with Crippen molar-refractivity contribution in [3.63, 3.8) is 0 Å². The first-order chi connectivity index (χ1) is 5.15. The predicted octanol–water partition coefficient (Wildman–Crippen LogP) is 1.64. The lowest BCUT2D eigenvalue weighted by Gasteiger charge is -2.06. The third-order valence-corrected chi connectivity index (χ3v) is 2.36. The van der Waals surface area contributed by atoms with Crippen molar-refractivity contribution < 1.29 is 0 Å². The highest BCUT2D eigenvalue weighted by molar-refractivity contribution is 14.1. The highest BCUT2D eigenvalue weighted by Crippen LogP contribution is 2.19. The summed E-state index contributed by atoms with van der Waals surface area (Å²) in [5.74, 6) is 0. The quantitative estimate of drug-likeness (QED) is 0.597. The van der Waals surface area contributed by atoms with Crippen LogP contribution in [0.5, 0.6) is 0 Å². The van der Waals surface area contributed by atoms with Gasteiger partial charge in [0, 0.05) is 15.8 Å². The van der Waals surface area contributed by atoms with E-state index in [2.05, 4.69) is 28.7 Å². The maximum absolute atomic E-state index is 5.74. The second kappa shape index (κ2) is 3.40. The summed E-state index contributed by atoms with van der Waals surface area (Å²) in [6.07, 6.45) is 0. The Bertz CT molecular complexity index is 271. The van der Waals surface area contributed by atoms with Crippen molar-refractivity contribution in [3.8, 4) is 0 Å². The Kier molecular flexibility index (Phi) is 2.72. The van der Waals surface area contributed by atoms with E-state index in [0.717, 1.165) is 20.4 Å². The van der Waals surface area contributed by atoms with Gasteiger partial charge in [-0.25, -0.2) is 0 Å². The van der Waals surface area contributed by atoms with E-state index in [0.29, 0.717) is 6.54 Å². The molecule has 0 saturated heterocycles. The fraction of sp³-hybridized carbons (Fsp3) is 0.250. The highest BCUT2D eigenvalue weighted by Gasteiger charge is 2.00. The molecule has 1 rings (SSSR count). The van der Waals surface area contributed by atoms with Crippen LogP contribution in [0.1, 0.15) is 11.1 Å². The van der Waals surface area contributed by atoms with Crippen molar-refractivity contribution in [2.45, 2.75) is 13.5 Å². The molecule has 2 nitrogen and oxygen atoms in total. The monoisotopic (exact) mass is 262 g/mol. The first kappa shape index (κ1) is 8.80. The molecule has 0 spiro atoms. The molecule has 0 aliphatic heterocycles.